The molecule has 0 spiro atoms. The molecule has 0 radical (unpaired) electrons. The standard InChI is InChI=1S/C14H29NO5/c16-8-6-4-2-1-3-5-7-11(18)12-14(20)13(19)10(9-17)15-12/h10-20H,1-9H2/t10-,11?,12+,13-,14-/m1/s1. The summed E-state index contributed by atoms with van der Waals surface area (Å²) in [6, 6.07) is -1.14. The van der Waals surface area contributed by atoms with Gasteiger partial charge in [0.1, 0.15) is 0 Å². The highest BCUT2D eigenvalue weighted by Crippen LogP contribution is 2.20. The number of hydrogen-bond acceptors (Lipinski definition) is 6. The summed E-state index contributed by atoms with van der Waals surface area (Å²) in [4.78, 5) is 0. The van der Waals surface area contributed by atoms with Gasteiger partial charge in [-0.1, -0.05) is 32.1 Å². The van der Waals surface area contributed by atoms with Crippen molar-refractivity contribution in [2.75, 3.05) is 13.2 Å². The Kier molecular flexibility index (Phi) is 8.60. The molecular formula is C14H29NO5. The van der Waals surface area contributed by atoms with Crippen LogP contribution in [0.1, 0.15) is 44.9 Å². The number of aliphatic hydroxyl groups is 5. The highest BCUT2D eigenvalue weighted by Gasteiger charge is 2.43. The molecule has 1 aliphatic heterocycles. The Labute approximate surface area is 120 Å². The Morgan fingerprint density at radius 2 is 1.45 bits per heavy atom. The fourth-order valence-corrected chi connectivity index (χ4v) is 2.75. The van der Waals surface area contributed by atoms with Crippen molar-refractivity contribution in [1.29, 1.82) is 0 Å². The first-order valence-electron chi connectivity index (χ1n) is 7.63. The van der Waals surface area contributed by atoms with Gasteiger partial charge >= 0.3 is 0 Å². The molecule has 0 amide bonds. The Hall–Kier alpha value is -0.240. The van der Waals surface area contributed by atoms with Gasteiger partial charge in [0, 0.05) is 6.61 Å². The maximum absolute atomic E-state index is 10.0. The zero-order valence-corrected chi connectivity index (χ0v) is 12.0. The number of rotatable bonds is 10. The Bertz CT molecular complexity index is 254. The molecule has 0 bridgehead atoms. The van der Waals surface area contributed by atoms with Crippen molar-refractivity contribution in [2.24, 2.45) is 0 Å². The SMILES string of the molecule is OCCCCCCCCC(O)[C@@H]1N[C@H](CO)[C@@H](O)[C@@H]1O. The minimum Gasteiger partial charge on any atom is -0.396 e. The van der Waals surface area contributed by atoms with Gasteiger partial charge in [-0.15, -0.1) is 0 Å². The average molecular weight is 291 g/mol. The van der Waals surface area contributed by atoms with E-state index in [1.54, 1.807) is 0 Å². The Morgan fingerprint density at radius 3 is 2.00 bits per heavy atom. The van der Waals surface area contributed by atoms with Crippen LogP contribution in [0.5, 0.6) is 0 Å². The maximum atomic E-state index is 10.0. The van der Waals surface area contributed by atoms with Crippen LogP contribution >= 0.6 is 0 Å². The molecule has 0 aromatic rings. The van der Waals surface area contributed by atoms with Crippen LogP contribution in [0.3, 0.4) is 0 Å². The van der Waals surface area contributed by atoms with E-state index >= 15 is 0 Å². The van der Waals surface area contributed by atoms with E-state index in [9.17, 15) is 15.3 Å². The predicted molar refractivity (Wildman–Crippen MR) is 75.2 cm³/mol. The van der Waals surface area contributed by atoms with Gasteiger partial charge in [-0.3, -0.25) is 0 Å². The van der Waals surface area contributed by atoms with Gasteiger partial charge in [0.25, 0.3) is 0 Å². The van der Waals surface area contributed by atoms with Gasteiger partial charge in [0.15, 0.2) is 0 Å². The normalized spacial score (nSPS) is 31.6. The molecule has 0 aromatic carbocycles. The topological polar surface area (TPSA) is 113 Å². The van der Waals surface area contributed by atoms with Crippen molar-refractivity contribution in [3.63, 3.8) is 0 Å². The summed E-state index contributed by atoms with van der Waals surface area (Å²) in [5.41, 5.74) is 0. The largest absolute Gasteiger partial charge is 0.396 e. The third kappa shape index (κ3) is 5.27. The molecule has 6 N–H and O–H groups in total. The van der Waals surface area contributed by atoms with Gasteiger partial charge in [0.05, 0.1) is 37.0 Å². The van der Waals surface area contributed by atoms with Crippen LogP contribution in [0.2, 0.25) is 0 Å². The van der Waals surface area contributed by atoms with Crippen LogP contribution in [-0.2, 0) is 0 Å². The highest BCUT2D eigenvalue weighted by atomic mass is 16.3. The second-order valence-corrected chi connectivity index (χ2v) is 5.66. The molecule has 1 heterocycles. The summed E-state index contributed by atoms with van der Waals surface area (Å²) < 4.78 is 0. The molecule has 1 saturated heterocycles. The highest BCUT2D eigenvalue weighted by molar-refractivity contribution is 5.00. The van der Waals surface area contributed by atoms with E-state index in [1.807, 2.05) is 0 Å². The zero-order valence-electron chi connectivity index (χ0n) is 12.0. The van der Waals surface area contributed by atoms with Crippen molar-refractivity contribution in [1.82, 2.24) is 5.32 Å². The molecule has 6 heteroatoms. The zero-order chi connectivity index (χ0) is 15.0. The van der Waals surface area contributed by atoms with E-state index in [2.05, 4.69) is 5.32 Å². The molecule has 0 aromatic heterocycles. The number of unbranched alkanes of at least 4 members (excludes halogenated alkanes) is 5. The molecule has 0 aliphatic carbocycles. The Balaban J connectivity index is 2.15. The lowest BCUT2D eigenvalue weighted by Gasteiger charge is -2.22. The summed E-state index contributed by atoms with van der Waals surface area (Å²) >= 11 is 0. The molecular weight excluding hydrogens is 262 g/mol. The first-order valence-corrected chi connectivity index (χ1v) is 7.63. The van der Waals surface area contributed by atoms with Gasteiger partial charge in [-0.25, -0.2) is 0 Å². The second kappa shape index (κ2) is 9.65. The lowest BCUT2D eigenvalue weighted by atomic mass is 9.99. The molecule has 6 nitrogen and oxygen atoms in total. The molecule has 1 aliphatic rings. The fourth-order valence-electron chi connectivity index (χ4n) is 2.75. The minimum atomic E-state index is -1.04. The van der Waals surface area contributed by atoms with Gasteiger partial charge in [-0.05, 0) is 12.8 Å². The van der Waals surface area contributed by atoms with Crippen molar-refractivity contribution in [3.05, 3.63) is 0 Å². The fraction of sp³-hybridized carbons (Fsp3) is 1.00. The second-order valence-electron chi connectivity index (χ2n) is 5.66. The lowest BCUT2D eigenvalue weighted by Crippen LogP contribution is -2.44. The van der Waals surface area contributed by atoms with Crippen LogP contribution in [0.15, 0.2) is 0 Å². The van der Waals surface area contributed by atoms with Crippen molar-refractivity contribution < 1.29 is 25.5 Å². The third-order valence-electron chi connectivity index (χ3n) is 4.06. The van der Waals surface area contributed by atoms with E-state index in [0.29, 0.717) is 6.42 Å². The summed E-state index contributed by atoms with van der Waals surface area (Å²) in [5.74, 6) is 0. The van der Waals surface area contributed by atoms with E-state index in [0.717, 1.165) is 38.5 Å². The molecule has 20 heavy (non-hydrogen) atoms. The van der Waals surface area contributed by atoms with Crippen LogP contribution in [0, 0.1) is 0 Å². The Morgan fingerprint density at radius 1 is 0.850 bits per heavy atom. The van der Waals surface area contributed by atoms with Gasteiger partial charge < -0.3 is 30.8 Å². The van der Waals surface area contributed by atoms with E-state index in [1.165, 1.54) is 0 Å². The number of hydrogen-bond donors (Lipinski definition) is 6. The monoisotopic (exact) mass is 291 g/mol. The van der Waals surface area contributed by atoms with E-state index < -0.39 is 30.4 Å². The van der Waals surface area contributed by atoms with Crippen LogP contribution in [0.25, 0.3) is 0 Å². The van der Waals surface area contributed by atoms with E-state index in [4.69, 9.17) is 10.2 Å². The van der Waals surface area contributed by atoms with Crippen molar-refractivity contribution in [2.45, 2.75) is 75.3 Å². The number of nitrogens with one attached hydrogen (secondary N) is 1. The van der Waals surface area contributed by atoms with Crippen molar-refractivity contribution in [3.8, 4) is 0 Å². The predicted octanol–water partition coefficient (Wildman–Crippen LogP) is -0.875. The maximum Gasteiger partial charge on any atom is 0.0993 e. The lowest BCUT2D eigenvalue weighted by molar-refractivity contribution is -0.00443. The first kappa shape index (κ1) is 17.8. The van der Waals surface area contributed by atoms with Crippen LogP contribution < -0.4 is 5.32 Å². The smallest absolute Gasteiger partial charge is 0.0993 e. The molecule has 1 rings (SSSR count). The van der Waals surface area contributed by atoms with Gasteiger partial charge in [0.2, 0.25) is 0 Å². The minimum absolute atomic E-state index is 0.248. The summed E-state index contributed by atoms with van der Waals surface area (Å²) in [6.45, 7) is -0.00932. The summed E-state index contributed by atoms with van der Waals surface area (Å²) in [6.07, 6.45) is 3.72. The third-order valence-corrected chi connectivity index (χ3v) is 4.06. The molecule has 5 atom stereocenters. The molecule has 0 saturated carbocycles. The number of aliphatic hydroxyl groups excluding tert-OH is 5. The quantitative estimate of drug-likeness (QED) is 0.292. The molecule has 120 valence electrons. The van der Waals surface area contributed by atoms with Crippen LogP contribution in [0.4, 0.5) is 0 Å². The summed E-state index contributed by atoms with van der Waals surface area (Å²) in [7, 11) is 0. The average Bonchev–Trinajstić information content (AvgIpc) is 2.74. The molecule has 1 fully saturated rings. The van der Waals surface area contributed by atoms with Crippen LogP contribution in [-0.4, -0.2) is 69.1 Å². The molecule has 1 unspecified atom stereocenters. The first-order chi connectivity index (χ1) is 9.61. The van der Waals surface area contributed by atoms with E-state index in [-0.39, 0.29) is 13.2 Å². The van der Waals surface area contributed by atoms with Gasteiger partial charge in [-0.2, -0.15) is 0 Å². The van der Waals surface area contributed by atoms with Crippen molar-refractivity contribution >= 4 is 0 Å². The summed E-state index contributed by atoms with van der Waals surface area (Å²) in [5, 5.41) is 50.1.